The van der Waals surface area contributed by atoms with Crippen molar-refractivity contribution in [3.05, 3.63) is 72.4 Å². The topological polar surface area (TPSA) is 46.6 Å². The molecule has 0 amide bonds. The lowest BCUT2D eigenvalue weighted by molar-refractivity contribution is -0.0338. The molecule has 3 aliphatic rings. The molecule has 1 aromatic heterocycles. The van der Waals surface area contributed by atoms with Gasteiger partial charge in [0, 0.05) is 24.2 Å². The second-order valence-corrected chi connectivity index (χ2v) is 9.27. The lowest BCUT2D eigenvalue weighted by Crippen LogP contribution is -2.57. The summed E-state index contributed by atoms with van der Waals surface area (Å²) in [5.74, 6) is 3.22. The summed E-state index contributed by atoms with van der Waals surface area (Å²) >= 11 is 0. The van der Waals surface area contributed by atoms with Crippen LogP contribution in [0.25, 0.3) is 17.0 Å². The summed E-state index contributed by atoms with van der Waals surface area (Å²) in [7, 11) is 1.71. The number of aromatic nitrogens is 1. The summed E-state index contributed by atoms with van der Waals surface area (Å²) < 4.78 is 5.53. The average molecular weight is 444 g/mol. The first kappa shape index (κ1) is 21.9. The molecule has 33 heavy (non-hydrogen) atoms. The smallest absolute Gasteiger partial charge is 0.147 e. The number of benzene rings is 2. The Morgan fingerprint density at radius 2 is 2.00 bits per heavy atom. The Hall–Kier alpha value is -2.89. The molecule has 2 bridgehead atoms. The predicted octanol–water partition coefficient (Wildman–Crippen LogP) is 5.63. The first-order chi connectivity index (χ1) is 16.2. The molecule has 4 heterocycles. The number of nitrogens with zero attached hydrogens (tertiary/aromatic N) is 2. The van der Waals surface area contributed by atoms with Crippen molar-refractivity contribution < 1.29 is 9.57 Å². The van der Waals surface area contributed by atoms with Crippen molar-refractivity contribution in [2.75, 3.05) is 20.2 Å². The van der Waals surface area contributed by atoms with Crippen molar-refractivity contribution in [2.24, 2.45) is 11.8 Å². The van der Waals surface area contributed by atoms with E-state index in [1.165, 1.54) is 31.4 Å². The quantitative estimate of drug-likeness (QED) is 0.457. The van der Waals surface area contributed by atoms with Gasteiger partial charge >= 0.3 is 0 Å². The van der Waals surface area contributed by atoms with Crippen LogP contribution in [0.15, 0.2) is 61.3 Å². The Labute approximate surface area is 196 Å². The van der Waals surface area contributed by atoms with Gasteiger partial charge in [0.1, 0.15) is 11.5 Å². The lowest BCUT2D eigenvalue weighted by atomic mass is 9.72. The molecule has 5 nitrogen and oxygen atoms in total. The van der Waals surface area contributed by atoms with Gasteiger partial charge < -0.3 is 9.57 Å². The number of piperidine rings is 3. The SMILES string of the molecule is C=Cc1ccc(ON[C@@H](c2ccnc3ccc(OC)cc23)C2CC3CCN2CC3CC)cc1. The van der Waals surface area contributed by atoms with Crippen LogP contribution >= 0.6 is 0 Å². The standard InChI is InChI=1S/C28H33N3O2/c1-4-19-6-8-22(9-7-19)33-30-28(27-16-21-13-15-31(27)18-20(21)5-2)24-12-14-29-26-11-10-23(32-3)17-25(24)26/h4,6-12,14,17,20-21,27-28,30H,1,5,13,15-16,18H2,2-3H3/t20?,21?,27?,28-/m0/s1. The predicted molar refractivity (Wildman–Crippen MR) is 133 cm³/mol. The van der Waals surface area contributed by atoms with Gasteiger partial charge in [0.05, 0.1) is 18.7 Å². The van der Waals surface area contributed by atoms with Gasteiger partial charge in [-0.1, -0.05) is 38.1 Å². The Balaban J connectivity index is 1.50. The molecule has 0 saturated carbocycles. The minimum Gasteiger partial charge on any atom is -0.497 e. The van der Waals surface area contributed by atoms with E-state index in [0.29, 0.717) is 6.04 Å². The number of rotatable bonds is 8. The zero-order chi connectivity index (χ0) is 22.8. The number of hydroxylamine groups is 1. The first-order valence-electron chi connectivity index (χ1n) is 12.0. The zero-order valence-corrected chi connectivity index (χ0v) is 19.5. The van der Waals surface area contributed by atoms with Crippen LogP contribution in [-0.2, 0) is 0 Å². The van der Waals surface area contributed by atoms with Crippen LogP contribution in [-0.4, -0.2) is 36.1 Å². The molecule has 0 aliphatic carbocycles. The second kappa shape index (κ2) is 9.54. The number of pyridine rings is 1. The first-order valence-corrected chi connectivity index (χ1v) is 12.0. The van der Waals surface area contributed by atoms with Gasteiger partial charge in [-0.05, 0) is 78.7 Å². The summed E-state index contributed by atoms with van der Waals surface area (Å²) in [5.41, 5.74) is 6.72. The highest BCUT2D eigenvalue weighted by molar-refractivity contribution is 5.84. The Bertz CT molecular complexity index is 1110. The fourth-order valence-corrected chi connectivity index (χ4v) is 5.69. The van der Waals surface area contributed by atoms with Crippen molar-refractivity contribution >= 4 is 17.0 Å². The third-order valence-electron chi connectivity index (χ3n) is 7.58. The highest BCUT2D eigenvalue weighted by Crippen LogP contribution is 2.43. The molecule has 3 fully saturated rings. The van der Waals surface area contributed by atoms with Crippen LogP contribution in [0.3, 0.4) is 0 Å². The van der Waals surface area contributed by atoms with Crippen molar-refractivity contribution in [3.8, 4) is 11.5 Å². The summed E-state index contributed by atoms with van der Waals surface area (Å²) in [5, 5.41) is 1.11. The van der Waals surface area contributed by atoms with E-state index in [9.17, 15) is 0 Å². The number of ether oxygens (including phenoxy) is 1. The van der Waals surface area contributed by atoms with Crippen LogP contribution in [0.2, 0.25) is 0 Å². The van der Waals surface area contributed by atoms with Crippen LogP contribution in [0.5, 0.6) is 11.5 Å². The lowest BCUT2D eigenvalue weighted by Gasteiger charge is -2.52. The van der Waals surface area contributed by atoms with Crippen LogP contribution in [0, 0.1) is 11.8 Å². The molecule has 0 radical (unpaired) electrons. The maximum absolute atomic E-state index is 6.18. The molecule has 1 N–H and O–H groups in total. The summed E-state index contributed by atoms with van der Waals surface area (Å²) in [6.45, 7) is 8.49. The van der Waals surface area contributed by atoms with Crippen LogP contribution < -0.4 is 15.1 Å². The number of hydrogen-bond acceptors (Lipinski definition) is 5. The van der Waals surface area contributed by atoms with E-state index in [1.54, 1.807) is 7.11 Å². The largest absolute Gasteiger partial charge is 0.497 e. The summed E-state index contributed by atoms with van der Waals surface area (Å²) in [4.78, 5) is 13.5. The van der Waals surface area contributed by atoms with E-state index >= 15 is 0 Å². The highest BCUT2D eigenvalue weighted by atomic mass is 16.6. The Morgan fingerprint density at radius 3 is 2.70 bits per heavy atom. The van der Waals surface area contributed by atoms with E-state index in [2.05, 4.69) is 41.0 Å². The van der Waals surface area contributed by atoms with Crippen molar-refractivity contribution in [1.29, 1.82) is 0 Å². The van der Waals surface area contributed by atoms with Crippen LogP contribution in [0.4, 0.5) is 0 Å². The summed E-state index contributed by atoms with van der Waals surface area (Å²) in [6.07, 6.45) is 7.49. The van der Waals surface area contributed by atoms with Gasteiger partial charge in [-0.15, -0.1) is 5.48 Å². The van der Waals surface area contributed by atoms with Gasteiger partial charge in [-0.2, -0.15) is 0 Å². The van der Waals surface area contributed by atoms with E-state index in [-0.39, 0.29) is 6.04 Å². The van der Waals surface area contributed by atoms with E-state index < -0.39 is 0 Å². The molecule has 2 aromatic carbocycles. The maximum Gasteiger partial charge on any atom is 0.147 e. The molecule has 3 aromatic rings. The van der Waals surface area contributed by atoms with Gasteiger partial charge in [0.2, 0.25) is 0 Å². The molecule has 3 aliphatic heterocycles. The fraction of sp³-hybridized carbons (Fsp3) is 0.393. The zero-order valence-electron chi connectivity index (χ0n) is 19.5. The molecule has 5 atom stereocenters. The normalized spacial score (nSPS) is 25.0. The minimum absolute atomic E-state index is 0.0160. The molecule has 172 valence electrons. The molecule has 3 saturated heterocycles. The van der Waals surface area contributed by atoms with E-state index in [1.807, 2.05) is 48.7 Å². The third kappa shape index (κ3) is 4.35. The Kier molecular flexibility index (Phi) is 6.34. The van der Waals surface area contributed by atoms with Gasteiger partial charge in [0.15, 0.2) is 0 Å². The highest BCUT2D eigenvalue weighted by Gasteiger charge is 2.43. The van der Waals surface area contributed by atoms with E-state index in [4.69, 9.17) is 9.57 Å². The Morgan fingerprint density at radius 1 is 1.18 bits per heavy atom. The van der Waals surface area contributed by atoms with Gasteiger partial charge in [-0.25, -0.2) is 0 Å². The number of hydrogen-bond donors (Lipinski definition) is 1. The second-order valence-electron chi connectivity index (χ2n) is 9.27. The molecule has 6 rings (SSSR count). The molecular weight excluding hydrogens is 410 g/mol. The number of fused-ring (bicyclic) bond motifs is 4. The monoisotopic (exact) mass is 443 g/mol. The minimum atomic E-state index is 0.0160. The maximum atomic E-state index is 6.18. The van der Waals surface area contributed by atoms with Crippen molar-refractivity contribution in [2.45, 2.75) is 38.3 Å². The van der Waals surface area contributed by atoms with Crippen molar-refractivity contribution in [1.82, 2.24) is 15.4 Å². The number of nitrogens with one attached hydrogen (secondary N) is 1. The number of methoxy groups -OCH3 is 1. The van der Waals surface area contributed by atoms with Gasteiger partial charge in [-0.3, -0.25) is 9.88 Å². The summed E-state index contributed by atoms with van der Waals surface area (Å²) in [6, 6.07) is 16.6. The van der Waals surface area contributed by atoms with Gasteiger partial charge in [0.25, 0.3) is 0 Å². The molecule has 0 spiro atoms. The fourth-order valence-electron chi connectivity index (χ4n) is 5.69. The average Bonchev–Trinajstić information content (AvgIpc) is 2.89. The molecule has 4 unspecified atom stereocenters. The third-order valence-corrected chi connectivity index (χ3v) is 7.58. The molecule has 5 heteroatoms. The van der Waals surface area contributed by atoms with Crippen molar-refractivity contribution in [3.63, 3.8) is 0 Å². The van der Waals surface area contributed by atoms with E-state index in [0.717, 1.165) is 46.3 Å². The molecular formula is C28H33N3O2. The van der Waals surface area contributed by atoms with Crippen LogP contribution in [0.1, 0.15) is 43.4 Å².